The van der Waals surface area contributed by atoms with Crippen molar-refractivity contribution in [1.82, 2.24) is 20.2 Å². The predicted molar refractivity (Wildman–Crippen MR) is 75.7 cm³/mol. The zero-order valence-electron chi connectivity index (χ0n) is 10.9. The second-order valence-corrected chi connectivity index (χ2v) is 4.83. The molecule has 6 heteroatoms. The normalized spacial score (nSPS) is 12.6. The summed E-state index contributed by atoms with van der Waals surface area (Å²) >= 11 is 5.87. The van der Waals surface area contributed by atoms with Crippen molar-refractivity contribution < 1.29 is 0 Å². The van der Waals surface area contributed by atoms with Crippen LogP contribution in [-0.4, -0.2) is 20.8 Å². The van der Waals surface area contributed by atoms with Crippen LogP contribution in [0.1, 0.15) is 18.3 Å². The minimum atomic E-state index is 0.121. The molecule has 0 saturated heterocycles. The molecule has 0 aliphatic rings. The van der Waals surface area contributed by atoms with Crippen molar-refractivity contribution in [2.24, 2.45) is 5.84 Å². The Kier molecular flexibility index (Phi) is 4.90. The third-order valence-electron chi connectivity index (χ3n) is 3.06. The SMILES string of the molecule is CCn1ncnc1CC(Cc1ccc(Cl)cc1)NN. The first-order valence-electron chi connectivity index (χ1n) is 6.30. The highest BCUT2D eigenvalue weighted by atomic mass is 35.5. The van der Waals surface area contributed by atoms with Gasteiger partial charge in [-0.05, 0) is 31.0 Å². The van der Waals surface area contributed by atoms with Crippen LogP contribution in [0, 0.1) is 0 Å². The van der Waals surface area contributed by atoms with Crippen LogP contribution in [0.4, 0.5) is 0 Å². The van der Waals surface area contributed by atoms with Gasteiger partial charge in [-0.25, -0.2) is 4.98 Å². The van der Waals surface area contributed by atoms with Crippen LogP contribution in [0.5, 0.6) is 0 Å². The van der Waals surface area contributed by atoms with E-state index in [9.17, 15) is 0 Å². The highest BCUT2D eigenvalue weighted by molar-refractivity contribution is 6.30. The fourth-order valence-electron chi connectivity index (χ4n) is 2.03. The van der Waals surface area contributed by atoms with Gasteiger partial charge in [-0.2, -0.15) is 5.10 Å². The summed E-state index contributed by atoms with van der Waals surface area (Å²) in [6, 6.07) is 7.92. The molecule has 1 aromatic carbocycles. The molecule has 1 heterocycles. The zero-order valence-corrected chi connectivity index (χ0v) is 11.6. The number of benzene rings is 1. The van der Waals surface area contributed by atoms with Crippen LogP contribution >= 0.6 is 11.6 Å². The molecule has 0 amide bonds. The molecule has 0 spiro atoms. The molecule has 1 aromatic heterocycles. The Balaban J connectivity index is 2.02. The Labute approximate surface area is 117 Å². The van der Waals surface area contributed by atoms with Gasteiger partial charge in [0.15, 0.2) is 0 Å². The summed E-state index contributed by atoms with van der Waals surface area (Å²) in [4.78, 5) is 4.27. The molecule has 3 N–H and O–H groups in total. The van der Waals surface area contributed by atoms with E-state index >= 15 is 0 Å². The number of nitrogens with zero attached hydrogens (tertiary/aromatic N) is 3. The standard InChI is InChI=1S/C13H18ClN5/c1-2-19-13(16-9-17-19)8-12(18-15)7-10-3-5-11(14)6-4-10/h3-6,9,12,18H,2,7-8,15H2,1H3. The quantitative estimate of drug-likeness (QED) is 0.622. The minimum Gasteiger partial charge on any atom is -0.271 e. The van der Waals surface area contributed by atoms with E-state index in [2.05, 4.69) is 15.5 Å². The Morgan fingerprint density at radius 3 is 2.68 bits per heavy atom. The molecule has 0 aliphatic carbocycles. The number of nitrogens with two attached hydrogens (primary N) is 1. The third kappa shape index (κ3) is 3.76. The Bertz CT molecular complexity index is 508. The van der Waals surface area contributed by atoms with Crippen LogP contribution in [0.2, 0.25) is 5.02 Å². The molecule has 0 bridgehead atoms. The lowest BCUT2D eigenvalue weighted by atomic mass is 10.0. The maximum atomic E-state index is 5.87. The summed E-state index contributed by atoms with van der Waals surface area (Å²) in [6.45, 7) is 2.86. The van der Waals surface area contributed by atoms with Gasteiger partial charge in [0.1, 0.15) is 12.2 Å². The van der Waals surface area contributed by atoms with Crippen molar-refractivity contribution in [3.63, 3.8) is 0 Å². The summed E-state index contributed by atoms with van der Waals surface area (Å²) in [5, 5.41) is 4.90. The molecule has 2 rings (SSSR count). The van der Waals surface area contributed by atoms with Crippen molar-refractivity contribution in [1.29, 1.82) is 0 Å². The zero-order chi connectivity index (χ0) is 13.7. The van der Waals surface area contributed by atoms with Gasteiger partial charge in [0.05, 0.1) is 0 Å². The van der Waals surface area contributed by atoms with Gasteiger partial charge in [-0.1, -0.05) is 23.7 Å². The number of aryl methyl sites for hydroxylation is 1. The third-order valence-corrected chi connectivity index (χ3v) is 3.31. The lowest BCUT2D eigenvalue weighted by Gasteiger charge is -2.15. The van der Waals surface area contributed by atoms with Crippen molar-refractivity contribution in [2.45, 2.75) is 32.4 Å². The van der Waals surface area contributed by atoms with E-state index < -0.39 is 0 Å². The molecule has 19 heavy (non-hydrogen) atoms. The average molecular weight is 280 g/mol. The van der Waals surface area contributed by atoms with E-state index in [0.29, 0.717) is 0 Å². The van der Waals surface area contributed by atoms with E-state index in [-0.39, 0.29) is 6.04 Å². The largest absolute Gasteiger partial charge is 0.271 e. The van der Waals surface area contributed by atoms with E-state index in [4.69, 9.17) is 17.4 Å². The highest BCUT2D eigenvalue weighted by Crippen LogP contribution is 2.12. The van der Waals surface area contributed by atoms with E-state index in [1.165, 1.54) is 5.56 Å². The fraction of sp³-hybridized carbons (Fsp3) is 0.385. The highest BCUT2D eigenvalue weighted by Gasteiger charge is 2.12. The lowest BCUT2D eigenvalue weighted by molar-refractivity contribution is 0.490. The van der Waals surface area contributed by atoms with E-state index in [1.807, 2.05) is 35.9 Å². The number of hydrogen-bond donors (Lipinski definition) is 2. The monoisotopic (exact) mass is 279 g/mol. The number of hydrogen-bond acceptors (Lipinski definition) is 4. The Morgan fingerprint density at radius 2 is 2.05 bits per heavy atom. The maximum absolute atomic E-state index is 5.87. The summed E-state index contributed by atoms with van der Waals surface area (Å²) in [5.74, 6) is 6.57. The van der Waals surface area contributed by atoms with Crippen LogP contribution in [0.25, 0.3) is 0 Å². The van der Waals surface area contributed by atoms with Crippen LogP contribution in [0.3, 0.4) is 0 Å². The Hall–Kier alpha value is -1.43. The maximum Gasteiger partial charge on any atom is 0.138 e. The van der Waals surface area contributed by atoms with E-state index in [0.717, 1.165) is 30.2 Å². The number of rotatable bonds is 6. The molecule has 0 radical (unpaired) electrons. The van der Waals surface area contributed by atoms with Crippen LogP contribution < -0.4 is 11.3 Å². The van der Waals surface area contributed by atoms with Gasteiger partial charge in [0.2, 0.25) is 0 Å². The molecule has 102 valence electrons. The minimum absolute atomic E-state index is 0.121. The number of aromatic nitrogens is 3. The molecule has 0 aliphatic heterocycles. The molecule has 1 atom stereocenters. The predicted octanol–water partition coefficient (Wildman–Crippen LogP) is 1.57. The Morgan fingerprint density at radius 1 is 1.32 bits per heavy atom. The molecule has 2 aromatic rings. The fourth-order valence-corrected chi connectivity index (χ4v) is 2.15. The average Bonchev–Trinajstić information content (AvgIpc) is 2.87. The van der Waals surface area contributed by atoms with Crippen molar-refractivity contribution in [3.8, 4) is 0 Å². The topological polar surface area (TPSA) is 68.8 Å². The summed E-state index contributed by atoms with van der Waals surface area (Å²) in [5.41, 5.74) is 4.03. The lowest BCUT2D eigenvalue weighted by Crippen LogP contribution is -2.39. The van der Waals surface area contributed by atoms with Gasteiger partial charge in [0, 0.05) is 24.0 Å². The van der Waals surface area contributed by atoms with Crippen LogP contribution in [-0.2, 0) is 19.4 Å². The molecular weight excluding hydrogens is 262 g/mol. The molecule has 1 unspecified atom stereocenters. The van der Waals surface area contributed by atoms with Gasteiger partial charge < -0.3 is 0 Å². The van der Waals surface area contributed by atoms with Crippen molar-refractivity contribution >= 4 is 11.6 Å². The van der Waals surface area contributed by atoms with Crippen molar-refractivity contribution in [3.05, 3.63) is 47.0 Å². The van der Waals surface area contributed by atoms with E-state index in [1.54, 1.807) is 6.33 Å². The first kappa shape index (κ1) is 14.0. The first-order chi connectivity index (χ1) is 9.22. The summed E-state index contributed by atoms with van der Waals surface area (Å²) in [7, 11) is 0. The molecule has 0 fully saturated rings. The van der Waals surface area contributed by atoms with Crippen molar-refractivity contribution in [2.75, 3.05) is 0 Å². The number of halogens is 1. The van der Waals surface area contributed by atoms with Crippen LogP contribution in [0.15, 0.2) is 30.6 Å². The van der Waals surface area contributed by atoms with Gasteiger partial charge in [0.25, 0.3) is 0 Å². The first-order valence-corrected chi connectivity index (χ1v) is 6.68. The van der Waals surface area contributed by atoms with Gasteiger partial charge in [-0.3, -0.25) is 16.0 Å². The molecule has 0 saturated carbocycles. The van der Waals surface area contributed by atoms with Gasteiger partial charge in [-0.15, -0.1) is 0 Å². The summed E-state index contributed by atoms with van der Waals surface area (Å²) in [6.07, 6.45) is 3.14. The molecule has 5 nitrogen and oxygen atoms in total. The van der Waals surface area contributed by atoms with Gasteiger partial charge >= 0.3 is 0 Å². The summed E-state index contributed by atoms with van der Waals surface area (Å²) < 4.78 is 1.88. The molecular formula is C13H18ClN5. The second kappa shape index (κ2) is 6.65. The number of nitrogens with one attached hydrogen (secondary N) is 1. The second-order valence-electron chi connectivity index (χ2n) is 4.39. The smallest absolute Gasteiger partial charge is 0.138 e. The number of hydrazine groups is 1.